The molecule has 0 spiro atoms. The van der Waals surface area contributed by atoms with Gasteiger partial charge in [0.2, 0.25) is 5.13 Å². The van der Waals surface area contributed by atoms with Gasteiger partial charge in [-0.1, -0.05) is 40.8 Å². The molecule has 0 unspecified atom stereocenters. The highest BCUT2D eigenvalue weighted by molar-refractivity contribution is 8.01. The Kier molecular flexibility index (Phi) is 5.73. The van der Waals surface area contributed by atoms with Gasteiger partial charge in [-0.15, -0.1) is 10.2 Å². The third-order valence-electron chi connectivity index (χ3n) is 4.66. The van der Waals surface area contributed by atoms with Gasteiger partial charge in [-0.3, -0.25) is 13.9 Å². The Morgan fingerprint density at radius 2 is 1.90 bits per heavy atom. The van der Waals surface area contributed by atoms with E-state index in [0.717, 1.165) is 20.9 Å². The first-order valence-electron chi connectivity index (χ1n) is 9.35. The number of nitrogens with zero attached hydrogens (tertiary/aromatic N) is 6. The molecule has 1 N–H and O–H groups in total. The van der Waals surface area contributed by atoms with Gasteiger partial charge in [0.15, 0.2) is 15.5 Å². The summed E-state index contributed by atoms with van der Waals surface area (Å²) in [7, 11) is 3.38. The number of anilines is 2. The molecule has 156 valence electrons. The molecule has 9 nitrogen and oxygen atoms in total. The Morgan fingerprint density at radius 3 is 2.67 bits per heavy atom. The minimum absolute atomic E-state index is 0.307. The minimum atomic E-state index is -0.350. The van der Waals surface area contributed by atoms with E-state index in [1.807, 2.05) is 31.2 Å². The summed E-state index contributed by atoms with van der Waals surface area (Å²) in [5.41, 5.74) is 2.34. The highest BCUT2D eigenvalue weighted by Crippen LogP contribution is 2.28. The second-order valence-corrected chi connectivity index (χ2v) is 9.21. The van der Waals surface area contributed by atoms with Crippen molar-refractivity contribution < 1.29 is 0 Å². The lowest BCUT2D eigenvalue weighted by atomic mass is 10.2. The van der Waals surface area contributed by atoms with Crippen LogP contribution in [0.5, 0.6) is 0 Å². The molecule has 1 aromatic carbocycles. The van der Waals surface area contributed by atoms with Crippen LogP contribution in [0.2, 0.25) is 0 Å². The smallest absolute Gasteiger partial charge is 0.330 e. The van der Waals surface area contributed by atoms with E-state index in [2.05, 4.69) is 20.5 Å². The number of hydrogen-bond donors (Lipinski definition) is 1. The zero-order chi connectivity index (χ0) is 21.3. The van der Waals surface area contributed by atoms with Gasteiger partial charge in [0.1, 0.15) is 0 Å². The first-order valence-corrected chi connectivity index (χ1v) is 11.1. The lowest BCUT2D eigenvalue weighted by molar-refractivity contribution is 0.594. The summed E-state index contributed by atoms with van der Waals surface area (Å²) in [6.45, 7) is 2.38. The summed E-state index contributed by atoms with van der Waals surface area (Å²) in [5, 5.41) is 12.3. The van der Waals surface area contributed by atoms with E-state index in [-0.39, 0.29) is 11.2 Å². The number of rotatable bonds is 7. The number of benzene rings is 1. The zero-order valence-corrected chi connectivity index (χ0v) is 18.5. The number of aryl methyl sites for hydroxylation is 3. The lowest BCUT2D eigenvalue weighted by Crippen LogP contribution is -2.39. The molecule has 0 radical (unpaired) electrons. The first kappa shape index (κ1) is 20.4. The second kappa shape index (κ2) is 8.44. The molecule has 11 heteroatoms. The molecule has 0 saturated heterocycles. The van der Waals surface area contributed by atoms with E-state index in [0.29, 0.717) is 24.1 Å². The van der Waals surface area contributed by atoms with Crippen molar-refractivity contribution in [3.8, 4) is 0 Å². The van der Waals surface area contributed by atoms with Crippen molar-refractivity contribution in [2.24, 2.45) is 14.1 Å². The molecule has 0 aliphatic carbocycles. The number of aromatic nitrogens is 6. The topological polar surface area (TPSA) is 99.6 Å². The minimum Gasteiger partial charge on any atom is -0.330 e. The highest BCUT2D eigenvalue weighted by Gasteiger charge is 2.14. The van der Waals surface area contributed by atoms with Crippen molar-refractivity contribution in [2.45, 2.75) is 24.2 Å². The summed E-state index contributed by atoms with van der Waals surface area (Å²) in [5.74, 6) is 0.720. The van der Waals surface area contributed by atoms with Crippen molar-refractivity contribution >= 4 is 45.1 Å². The van der Waals surface area contributed by atoms with E-state index < -0.39 is 0 Å². The Labute approximate surface area is 180 Å². The third-order valence-corrected chi connectivity index (χ3v) is 6.72. The second-order valence-electron chi connectivity index (χ2n) is 6.89. The predicted molar refractivity (Wildman–Crippen MR) is 120 cm³/mol. The predicted octanol–water partition coefficient (Wildman–Crippen LogP) is 2.52. The lowest BCUT2D eigenvalue weighted by Gasteiger charge is -2.08. The Morgan fingerprint density at radius 1 is 1.13 bits per heavy atom. The summed E-state index contributed by atoms with van der Waals surface area (Å²) < 4.78 is 5.17. The van der Waals surface area contributed by atoms with Crippen LogP contribution in [0.1, 0.15) is 12.0 Å². The molecule has 0 bridgehead atoms. The van der Waals surface area contributed by atoms with Crippen LogP contribution in [0.15, 0.2) is 44.5 Å². The Bertz CT molecular complexity index is 1300. The molecule has 0 saturated carbocycles. The molecule has 4 aromatic rings. The Balaban J connectivity index is 1.37. The average molecular weight is 444 g/mol. The van der Waals surface area contributed by atoms with E-state index in [9.17, 15) is 9.59 Å². The van der Waals surface area contributed by atoms with Crippen LogP contribution >= 0.6 is 23.1 Å². The summed E-state index contributed by atoms with van der Waals surface area (Å²) in [6, 6.07) is 8.07. The maximum atomic E-state index is 12.7. The van der Waals surface area contributed by atoms with Gasteiger partial charge < -0.3 is 9.88 Å². The number of hydrogen-bond acceptors (Lipinski definition) is 8. The van der Waals surface area contributed by atoms with E-state index in [4.69, 9.17) is 0 Å². The van der Waals surface area contributed by atoms with E-state index in [1.54, 1.807) is 36.8 Å². The van der Waals surface area contributed by atoms with Crippen molar-refractivity contribution in [3.05, 3.63) is 57.0 Å². The van der Waals surface area contributed by atoms with Crippen LogP contribution in [0.4, 0.5) is 10.8 Å². The molecule has 0 atom stereocenters. The van der Waals surface area contributed by atoms with E-state index in [1.165, 1.54) is 26.0 Å². The molecule has 0 amide bonds. The maximum Gasteiger partial charge on any atom is 0.332 e. The third kappa shape index (κ3) is 4.03. The van der Waals surface area contributed by atoms with Gasteiger partial charge in [0.25, 0.3) is 5.56 Å². The molecule has 0 fully saturated rings. The van der Waals surface area contributed by atoms with E-state index >= 15 is 0 Å². The molecule has 0 aliphatic rings. The maximum absolute atomic E-state index is 12.7. The molecule has 3 heterocycles. The molecular weight excluding hydrogens is 422 g/mol. The number of nitrogens with one attached hydrogen (secondary N) is 1. The largest absolute Gasteiger partial charge is 0.332 e. The molecule has 4 rings (SSSR count). The number of imidazole rings is 1. The molecule has 3 aromatic heterocycles. The van der Waals surface area contributed by atoms with Crippen molar-refractivity contribution in [3.63, 3.8) is 0 Å². The van der Waals surface area contributed by atoms with Crippen molar-refractivity contribution in [2.75, 3.05) is 11.1 Å². The Hall–Kier alpha value is -2.92. The first-order chi connectivity index (χ1) is 14.4. The fourth-order valence-corrected chi connectivity index (χ4v) is 4.82. The normalized spacial score (nSPS) is 11.3. The fraction of sp³-hybridized carbons (Fsp3) is 0.316. The highest BCUT2D eigenvalue weighted by atomic mass is 32.2. The number of fused-ring (bicyclic) bond motifs is 1. The molecule has 0 aliphatic heterocycles. The quantitative estimate of drug-likeness (QED) is 0.346. The standard InChI is InChI=1S/C19H21N7O2S2/c1-12-5-7-13(8-6-12)21-17-22-23-18(30-17)29-10-4-9-26-16(27)14-15(20-11-24(14)2)25(3)19(26)28/h5-8,11H,4,9-10H2,1-3H3,(H,21,22). The molecular formula is C19H21N7O2S2. The van der Waals surface area contributed by atoms with Gasteiger partial charge in [0, 0.05) is 32.1 Å². The average Bonchev–Trinajstić information content (AvgIpc) is 3.34. The van der Waals surface area contributed by atoms with Crippen molar-refractivity contribution in [1.82, 2.24) is 28.9 Å². The summed E-state index contributed by atoms with van der Waals surface area (Å²) >= 11 is 3.04. The van der Waals surface area contributed by atoms with Gasteiger partial charge in [-0.25, -0.2) is 9.78 Å². The van der Waals surface area contributed by atoms with Crippen LogP contribution in [-0.4, -0.2) is 34.6 Å². The van der Waals surface area contributed by atoms with Crippen molar-refractivity contribution in [1.29, 1.82) is 0 Å². The summed E-state index contributed by atoms with van der Waals surface area (Å²) in [6.07, 6.45) is 2.20. The van der Waals surface area contributed by atoms with Gasteiger partial charge in [0.05, 0.1) is 6.33 Å². The van der Waals surface area contributed by atoms with Crippen LogP contribution in [0.3, 0.4) is 0 Å². The van der Waals surface area contributed by atoms with Crippen LogP contribution in [0.25, 0.3) is 11.2 Å². The SMILES string of the molecule is Cc1ccc(Nc2nnc(SCCCn3c(=O)c4c(ncn4C)n(C)c3=O)s2)cc1. The van der Waals surface area contributed by atoms with Crippen LogP contribution < -0.4 is 16.6 Å². The zero-order valence-electron chi connectivity index (χ0n) is 16.8. The van der Waals surface area contributed by atoms with Gasteiger partial charge in [-0.05, 0) is 25.5 Å². The molecule has 30 heavy (non-hydrogen) atoms. The monoisotopic (exact) mass is 443 g/mol. The number of thioether (sulfide) groups is 1. The van der Waals surface area contributed by atoms with Gasteiger partial charge in [-0.2, -0.15) is 0 Å². The fourth-order valence-electron chi connectivity index (χ4n) is 3.05. The van der Waals surface area contributed by atoms with Crippen LogP contribution in [0, 0.1) is 6.92 Å². The summed E-state index contributed by atoms with van der Waals surface area (Å²) in [4.78, 5) is 29.4. The van der Waals surface area contributed by atoms with Crippen LogP contribution in [-0.2, 0) is 20.6 Å². The van der Waals surface area contributed by atoms with Gasteiger partial charge >= 0.3 is 5.69 Å².